The summed E-state index contributed by atoms with van der Waals surface area (Å²) in [5, 5.41) is 5.93. The lowest BCUT2D eigenvalue weighted by molar-refractivity contribution is -0.134. The molecule has 2 amide bonds. The van der Waals surface area contributed by atoms with Gasteiger partial charge in [0.05, 0.1) is 19.8 Å². The van der Waals surface area contributed by atoms with Crippen LogP contribution in [-0.2, 0) is 14.3 Å². The van der Waals surface area contributed by atoms with Gasteiger partial charge in [0, 0.05) is 32.1 Å². The van der Waals surface area contributed by atoms with Crippen molar-refractivity contribution in [3.8, 4) is 0 Å². The van der Waals surface area contributed by atoms with Crippen molar-refractivity contribution in [2.45, 2.75) is 25.3 Å². The second-order valence-corrected chi connectivity index (χ2v) is 4.76. The molecule has 1 saturated carbocycles. The van der Waals surface area contributed by atoms with E-state index in [1.54, 1.807) is 4.90 Å². The Balaban J connectivity index is 1.51. The van der Waals surface area contributed by atoms with Crippen LogP contribution in [0.4, 0.5) is 0 Å². The van der Waals surface area contributed by atoms with Crippen LogP contribution in [0, 0.1) is 0 Å². The standard InChI is InChI=1S/C12H21N3O3/c16-11(14-10-1-2-10)3-4-13-9-12(17)15-5-7-18-8-6-15/h10,13H,1-9H2,(H,14,16). The lowest BCUT2D eigenvalue weighted by Crippen LogP contribution is -2.45. The van der Waals surface area contributed by atoms with Gasteiger partial charge < -0.3 is 20.3 Å². The fourth-order valence-electron chi connectivity index (χ4n) is 1.85. The molecule has 0 radical (unpaired) electrons. The van der Waals surface area contributed by atoms with Crippen molar-refractivity contribution in [2.24, 2.45) is 0 Å². The molecule has 0 aromatic rings. The third-order valence-electron chi connectivity index (χ3n) is 3.11. The van der Waals surface area contributed by atoms with Crippen molar-refractivity contribution < 1.29 is 14.3 Å². The normalized spacial score (nSPS) is 19.7. The Labute approximate surface area is 107 Å². The first-order chi connectivity index (χ1) is 8.75. The third-order valence-corrected chi connectivity index (χ3v) is 3.11. The lowest BCUT2D eigenvalue weighted by atomic mass is 10.3. The molecule has 18 heavy (non-hydrogen) atoms. The quantitative estimate of drug-likeness (QED) is 0.604. The van der Waals surface area contributed by atoms with Crippen molar-refractivity contribution in [3.05, 3.63) is 0 Å². The Bertz CT molecular complexity index is 299. The molecule has 0 atom stereocenters. The summed E-state index contributed by atoms with van der Waals surface area (Å²) >= 11 is 0. The minimum absolute atomic E-state index is 0.0730. The molecule has 0 aromatic heterocycles. The number of carbonyl (C=O) groups is 2. The summed E-state index contributed by atoms with van der Waals surface area (Å²) in [6.45, 7) is 3.43. The molecular formula is C12H21N3O3. The second-order valence-electron chi connectivity index (χ2n) is 4.76. The number of amides is 2. The topological polar surface area (TPSA) is 70.7 Å². The van der Waals surface area contributed by atoms with Crippen molar-refractivity contribution in [2.75, 3.05) is 39.4 Å². The zero-order valence-electron chi connectivity index (χ0n) is 10.6. The number of carbonyl (C=O) groups excluding carboxylic acids is 2. The van der Waals surface area contributed by atoms with E-state index in [1.165, 1.54) is 0 Å². The predicted octanol–water partition coefficient (Wildman–Crippen LogP) is -0.896. The zero-order valence-corrected chi connectivity index (χ0v) is 10.6. The first-order valence-electron chi connectivity index (χ1n) is 6.61. The minimum atomic E-state index is 0.0730. The highest BCUT2D eigenvalue weighted by Crippen LogP contribution is 2.18. The number of rotatable bonds is 6. The van der Waals surface area contributed by atoms with E-state index >= 15 is 0 Å². The first-order valence-corrected chi connectivity index (χ1v) is 6.61. The number of ether oxygens (including phenoxy) is 1. The first kappa shape index (κ1) is 13.3. The molecule has 0 bridgehead atoms. The van der Waals surface area contributed by atoms with Crippen molar-refractivity contribution in [1.82, 2.24) is 15.5 Å². The number of nitrogens with zero attached hydrogens (tertiary/aromatic N) is 1. The highest BCUT2D eigenvalue weighted by atomic mass is 16.5. The molecule has 1 heterocycles. The molecule has 0 aromatic carbocycles. The molecule has 2 N–H and O–H groups in total. The molecule has 0 unspecified atom stereocenters. The van der Waals surface area contributed by atoms with Crippen LogP contribution in [0.5, 0.6) is 0 Å². The Morgan fingerprint density at radius 2 is 1.94 bits per heavy atom. The van der Waals surface area contributed by atoms with Crippen molar-refractivity contribution >= 4 is 11.8 Å². The highest BCUT2D eigenvalue weighted by Gasteiger charge is 2.22. The summed E-state index contributed by atoms with van der Waals surface area (Å²) in [6, 6.07) is 0.410. The Morgan fingerprint density at radius 3 is 2.61 bits per heavy atom. The van der Waals surface area contributed by atoms with Crippen LogP contribution in [-0.4, -0.2) is 62.1 Å². The largest absolute Gasteiger partial charge is 0.378 e. The third kappa shape index (κ3) is 4.62. The van der Waals surface area contributed by atoms with Gasteiger partial charge in [0.1, 0.15) is 0 Å². The van der Waals surface area contributed by atoms with Gasteiger partial charge in [-0.15, -0.1) is 0 Å². The van der Waals surface area contributed by atoms with Gasteiger partial charge in [-0.1, -0.05) is 0 Å². The van der Waals surface area contributed by atoms with E-state index in [1.807, 2.05) is 0 Å². The smallest absolute Gasteiger partial charge is 0.236 e. The number of nitrogens with one attached hydrogen (secondary N) is 2. The number of hydrogen-bond donors (Lipinski definition) is 2. The van der Waals surface area contributed by atoms with Gasteiger partial charge in [-0.3, -0.25) is 9.59 Å². The SMILES string of the molecule is O=C(CCNCC(=O)N1CCOCC1)NC1CC1. The van der Waals surface area contributed by atoms with Gasteiger partial charge in [-0.2, -0.15) is 0 Å². The van der Waals surface area contributed by atoms with E-state index in [-0.39, 0.29) is 11.8 Å². The maximum atomic E-state index is 11.7. The monoisotopic (exact) mass is 255 g/mol. The summed E-state index contributed by atoms with van der Waals surface area (Å²) in [5.74, 6) is 0.157. The summed E-state index contributed by atoms with van der Waals surface area (Å²) in [5.41, 5.74) is 0. The van der Waals surface area contributed by atoms with Crippen LogP contribution in [0.25, 0.3) is 0 Å². The predicted molar refractivity (Wildman–Crippen MR) is 66.1 cm³/mol. The van der Waals surface area contributed by atoms with Gasteiger partial charge in [-0.25, -0.2) is 0 Å². The summed E-state index contributed by atoms with van der Waals surface area (Å²) in [4.78, 5) is 24.9. The van der Waals surface area contributed by atoms with E-state index < -0.39 is 0 Å². The number of hydrogen-bond acceptors (Lipinski definition) is 4. The van der Waals surface area contributed by atoms with Crippen LogP contribution in [0.2, 0.25) is 0 Å². The molecule has 102 valence electrons. The molecule has 6 nitrogen and oxygen atoms in total. The molecule has 6 heteroatoms. The van der Waals surface area contributed by atoms with Gasteiger partial charge in [0.2, 0.25) is 11.8 Å². The Morgan fingerprint density at radius 1 is 1.22 bits per heavy atom. The Kier molecular flexibility index (Phi) is 4.95. The van der Waals surface area contributed by atoms with Gasteiger partial charge >= 0.3 is 0 Å². The van der Waals surface area contributed by atoms with Gasteiger partial charge in [0.15, 0.2) is 0 Å². The van der Waals surface area contributed by atoms with E-state index in [0.717, 1.165) is 12.8 Å². The molecule has 1 aliphatic carbocycles. The van der Waals surface area contributed by atoms with Crippen LogP contribution in [0.15, 0.2) is 0 Å². The van der Waals surface area contributed by atoms with Gasteiger partial charge in [0.25, 0.3) is 0 Å². The van der Waals surface area contributed by atoms with E-state index in [0.29, 0.717) is 51.9 Å². The Hall–Kier alpha value is -1.14. The van der Waals surface area contributed by atoms with Crippen molar-refractivity contribution in [1.29, 1.82) is 0 Å². The van der Waals surface area contributed by atoms with E-state index in [9.17, 15) is 9.59 Å². The highest BCUT2D eigenvalue weighted by molar-refractivity contribution is 5.79. The molecule has 2 fully saturated rings. The van der Waals surface area contributed by atoms with Gasteiger partial charge in [-0.05, 0) is 12.8 Å². The molecular weight excluding hydrogens is 234 g/mol. The molecule has 2 rings (SSSR count). The van der Waals surface area contributed by atoms with E-state index in [2.05, 4.69) is 10.6 Å². The molecule has 0 spiro atoms. The maximum Gasteiger partial charge on any atom is 0.236 e. The summed E-state index contributed by atoms with van der Waals surface area (Å²) in [6.07, 6.45) is 2.65. The van der Waals surface area contributed by atoms with Crippen molar-refractivity contribution in [3.63, 3.8) is 0 Å². The second kappa shape index (κ2) is 6.70. The fraction of sp³-hybridized carbons (Fsp3) is 0.833. The summed E-state index contributed by atoms with van der Waals surface area (Å²) < 4.78 is 5.18. The zero-order chi connectivity index (χ0) is 12.8. The number of morpholine rings is 1. The van der Waals surface area contributed by atoms with Crippen LogP contribution in [0.3, 0.4) is 0 Å². The van der Waals surface area contributed by atoms with Crippen LogP contribution >= 0.6 is 0 Å². The maximum absolute atomic E-state index is 11.7. The summed E-state index contributed by atoms with van der Waals surface area (Å²) in [7, 11) is 0. The molecule has 1 aliphatic heterocycles. The average molecular weight is 255 g/mol. The van der Waals surface area contributed by atoms with E-state index in [4.69, 9.17) is 4.74 Å². The fourth-order valence-corrected chi connectivity index (χ4v) is 1.85. The lowest BCUT2D eigenvalue weighted by Gasteiger charge is -2.26. The average Bonchev–Trinajstić information content (AvgIpc) is 3.19. The van der Waals surface area contributed by atoms with Crippen LogP contribution < -0.4 is 10.6 Å². The molecule has 1 saturated heterocycles. The van der Waals surface area contributed by atoms with Crippen LogP contribution in [0.1, 0.15) is 19.3 Å². The minimum Gasteiger partial charge on any atom is -0.378 e. The molecule has 2 aliphatic rings.